The summed E-state index contributed by atoms with van der Waals surface area (Å²) in [6.45, 7) is 14.3. The first-order valence-corrected chi connectivity index (χ1v) is 9.19. The van der Waals surface area contributed by atoms with Crippen molar-refractivity contribution in [3.63, 3.8) is 0 Å². The highest BCUT2D eigenvalue weighted by atomic mass is 16.2. The van der Waals surface area contributed by atoms with Gasteiger partial charge in [0.25, 0.3) is 0 Å². The Morgan fingerprint density at radius 1 is 1.17 bits per heavy atom. The zero-order valence-corrected chi connectivity index (χ0v) is 14.9. The van der Waals surface area contributed by atoms with Gasteiger partial charge >= 0.3 is 6.03 Å². The maximum atomic E-state index is 12.0. The van der Waals surface area contributed by atoms with Crippen molar-refractivity contribution in [2.45, 2.75) is 58.0 Å². The van der Waals surface area contributed by atoms with Gasteiger partial charge < -0.3 is 10.6 Å². The molecule has 0 aromatic rings. The topological polar surface area (TPSA) is 47.6 Å². The summed E-state index contributed by atoms with van der Waals surface area (Å²) in [6.07, 6.45) is 5.98. The van der Waals surface area contributed by atoms with Gasteiger partial charge in [-0.15, -0.1) is 0 Å². The number of urea groups is 1. The number of hydrogen-bond donors (Lipinski definition) is 2. The molecule has 2 N–H and O–H groups in total. The van der Waals surface area contributed by atoms with Crippen molar-refractivity contribution in [2.75, 3.05) is 39.3 Å². The highest BCUT2D eigenvalue weighted by Crippen LogP contribution is 2.15. The van der Waals surface area contributed by atoms with Crippen LogP contribution in [0.5, 0.6) is 0 Å². The van der Waals surface area contributed by atoms with Crippen LogP contribution in [0.15, 0.2) is 12.2 Å². The number of likely N-dealkylation sites (tertiary alicyclic amines) is 2. The lowest BCUT2D eigenvalue weighted by atomic mass is 10.0. The van der Waals surface area contributed by atoms with Crippen LogP contribution < -0.4 is 10.6 Å². The van der Waals surface area contributed by atoms with Gasteiger partial charge in [0.15, 0.2) is 0 Å². The number of amides is 2. The molecule has 23 heavy (non-hydrogen) atoms. The van der Waals surface area contributed by atoms with Gasteiger partial charge in [-0.3, -0.25) is 9.80 Å². The number of rotatable bonds is 6. The van der Waals surface area contributed by atoms with Crippen LogP contribution >= 0.6 is 0 Å². The van der Waals surface area contributed by atoms with Gasteiger partial charge in [0, 0.05) is 44.8 Å². The lowest BCUT2D eigenvalue weighted by Gasteiger charge is -2.34. The third kappa shape index (κ3) is 6.51. The van der Waals surface area contributed by atoms with Gasteiger partial charge in [-0.25, -0.2) is 4.79 Å². The summed E-state index contributed by atoms with van der Waals surface area (Å²) in [4.78, 5) is 16.9. The molecule has 0 radical (unpaired) electrons. The smallest absolute Gasteiger partial charge is 0.315 e. The first kappa shape index (κ1) is 18.3. The molecule has 132 valence electrons. The molecule has 2 amide bonds. The standard InChI is InChI=1S/C18H34N4O/c1-15(2)14-21-11-7-17(8-12-21)20-18(23)19-9-13-22-10-5-4-6-16(22)3/h16-17H,1,4-14H2,2-3H3,(H2,19,20,23)/t16-/m1/s1. The predicted molar refractivity (Wildman–Crippen MR) is 95.7 cm³/mol. The minimum absolute atomic E-state index is 0.00647. The molecule has 2 saturated heterocycles. The third-order valence-corrected chi connectivity index (χ3v) is 5.04. The molecule has 0 bridgehead atoms. The maximum Gasteiger partial charge on any atom is 0.315 e. The Balaban J connectivity index is 1.57. The monoisotopic (exact) mass is 322 g/mol. The Bertz CT molecular complexity index is 390. The van der Waals surface area contributed by atoms with Gasteiger partial charge in [-0.05, 0) is 46.1 Å². The van der Waals surface area contributed by atoms with Crippen molar-refractivity contribution in [1.82, 2.24) is 20.4 Å². The van der Waals surface area contributed by atoms with Crippen LogP contribution in [0.1, 0.15) is 46.0 Å². The molecular weight excluding hydrogens is 288 g/mol. The number of nitrogens with zero attached hydrogens (tertiary/aromatic N) is 2. The number of piperidine rings is 2. The quantitative estimate of drug-likeness (QED) is 0.737. The molecule has 2 rings (SSSR count). The molecule has 5 heteroatoms. The maximum absolute atomic E-state index is 12.0. The second kappa shape index (κ2) is 9.28. The van der Waals surface area contributed by atoms with Crippen LogP contribution in [0.3, 0.4) is 0 Å². The van der Waals surface area contributed by atoms with Gasteiger partial charge in [-0.1, -0.05) is 18.6 Å². The Labute approximate surface area is 141 Å². The average molecular weight is 322 g/mol. The summed E-state index contributed by atoms with van der Waals surface area (Å²) in [7, 11) is 0. The number of carbonyl (C=O) groups is 1. The molecule has 2 aliphatic rings. The van der Waals surface area contributed by atoms with E-state index in [0.29, 0.717) is 12.1 Å². The van der Waals surface area contributed by atoms with Crippen molar-refractivity contribution >= 4 is 6.03 Å². The van der Waals surface area contributed by atoms with E-state index in [1.165, 1.54) is 31.4 Å². The van der Waals surface area contributed by atoms with E-state index in [-0.39, 0.29) is 6.03 Å². The molecule has 1 atom stereocenters. The zero-order chi connectivity index (χ0) is 16.7. The van der Waals surface area contributed by atoms with Crippen molar-refractivity contribution in [1.29, 1.82) is 0 Å². The summed E-state index contributed by atoms with van der Waals surface area (Å²) < 4.78 is 0. The lowest BCUT2D eigenvalue weighted by Crippen LogP contribution is -2.49. The van der Waals surface area contributed by atoms with Crippen molar-refractivity contribution in [3.8, 4) is 0 Å². The Morgan fingerprint density at radius 2 is 1.91 bits per heavy atom. The normalized spacial score (nSPS) is 24.3. The Kier molecular flexibility index (Phi) is 7.37. The molecule has 2 aliphatic heterocycles. The van der Waals surface area contributed by atoms with Crippen LogP contribution in [0.25, 0.3) is 0 Å². The highest BCUT2D eigenvalue weighted by molar-refractivity contribution is 5.74. The van der Waals surface area contributed by atoms with Gasteiger partial charge in [0.1, 0.15) is 0 Å². The van der Waals surface area contributed by atoms with E-state index >= 15 is 0 Å². The Hall–Kier alpha value is -1.07. The zero-order valence-electron chi connectivity index (χ0n) is 14.9. The molecule has 0 unspecified atom stereocenters. The van der Waals surface area contributed by atoms with E-state index in [4.69, 9.17) is 0 Å². The fourth-order valence-electron chi connectivity index (χ4n) is 3.66. The van der Waals surface area contributed by atoms with Gasteiger partial charge in [0.2, 0.25) is 0 Å². The number of nitrogens with one attached hydrogen (secondary N) is 2. The molecule has 0 aromatic carbocycles. The second-order valence-electron chi connectivity index (χ2n) is 7.29. The number of hydrogen-bond acceptors (Lipinski definition) is 3. The van der Waals surface area contributed by atoms with Crippen LogP contribution in [0, 0.1) is 0 Å². The van der Waals surface area contributed by atoms with E-state index < -0.39 is 0 Å². The summed E-state index contributed by atoms with van der Waals surface area (Å²) >= 11 is 0. The van der Waals surface area contributed by atoms with E-state index in [1.54, 1.807) is 0 Å². The third-order valence-electron chi connectivity index (χ3n) is 5.04. The number of carbonyl (C=O) groups excluding carboxylic acids is 1. The van der Waals surface area contributed by atoms with E-state index in [0.717, 1.165) is 45.6 Å². The Morgan fingerprint density at radius 3 is 2.57 bits per heavy atom. The van der Waals surface area contributed by atoms with Crippen molar-refractivity contribution < 1.29 is 4.79 Å². The summed E-state index contributed by atoms with van der Waals surface area (Å²) in [5.41, 5.74) is 1.21. The van der Waals surface area contributed by atoms with Crippen LogP contribution in [0.4, 0.5) is 4.79 Å². The van der Waals surface area contributed by atoms with E-state index in [2.05, 4.69) is 40.9 Å². The lowest BCUT2D eigenvalue weighted by molar-refractivity contribution is 0.160. The highest BCUT2D eigenvalue weighted by Gasteiger charge is 2.21. The van der Waals surface area contributed by atoms with Crippen molar-refractivity contribution in [2.24, 2.45) is 0 Å². The molecule has 0 aliphatic carbocycles. The van der Waals surface area contributed by atoms with E-state index in [9.17, 15) is 4.79 Å². The molecule has 0 aromatic heterocycles. The molecule has 5 nitrogen and oxygen atoms in total. The van der Waals surface area contributed by atoms with Crippen molar-refractivity contribution in [3.05, 3.63) is 12.2 Å². The van der Waals surface area contributed by atoms with Crippen LogP contribution in [-0.2, 0) is 0 Å². The van der Waals surface area contributed by atoms with E-state index in [1.807, 2.05) is 0 Å². The van der Waals surface area contributed by atoms with Gasteiger partial charge in [-0.2, -0.15) is 0 Å². The van der Waals surface area contributed by atoms with Crippen LogP contribution in [0.2, 0.25) is 0 Å². The molecular formula is C18H34N4O. The molecule has 2 fully saturated rings. The summed E-state index contributed by atoms with van der Waals surface area (Å²) in [5.74, 6) is 0. The fraction of sp³-hybridized carbons (Fsp3) is 0.833. The summed E-state index contributed by atoms with van der Waals surface area (Å²) in [6, 6.07) is 0.963. The van der Waals surface area contributed by atoms with Crippen LogP contribution in [-0.4, -0.2) is 67.2 Å². The largest absolute Gasteiger partial charge is 0.337 e. The minimum atomic E-state index is -0.00647. The molecule has 2 heterocycles. The predicted octanol–water partition coefficient (Wildman–Crippen LogP) is 2.20. The first-order chi connectivity index (χ1) is 11.0. The first-order valence-electron chi connectivity index (χ1n) is 9.19. The molecule has 0 spiro atoms. The SMILES string of the molecule is C=C(C)CN1CCC(NC(=O)NCCN2CCCC[C@H]2C)CC1. The summed E-state index contributed by atoms with van der Waals surface area (Å²) in [5, 5.41) is 6.15. The molecule has 0 saturated carbocycles. The van der Waals surface area contributed by atoms with Gasteiger partial charge in [0.05, 0.1) is 0 Å². The second-order valence-corrected chi connectivity index (χ2v) is 7.29. The fourth-order valence-corrected chi connectivity index (χ4v) is 3.66. The minimum Gasteiger partial charge on any atom is -0.337 e. The average Bonchev–Trinajstić information content (AvgIpc) is 2.51.